The molecule has 0 bridgehead atoms. The van der Waals surface area contributed by atoms with Crippen molar-refractivity contribution in [2.45, 2.75) is 44.6 Å². The molecule has 84 valence electrons. The predicted octanol–water partition coefficient (Wildman–Crippen LogP) is 1.05. The first kappa shape index (κ1) is 12.1. The van der Waals surface area contributed by atoms with Gasteiger partial charge in [-0.2, -0.15) is 0 Å². The second kappa shape index (κ2) is 5.77. The van der Waals surface area contributed by atoms with Gasteiger partial charge in [0.1, 0.15) is 0 Å². The number of piperidine rings is 1. The predicted molar refractivity (Wildman–Crippen MR) is 61.3 cm³/mol. The number of terminal acetylenes is 1. The largest absolute Gasteiger partial charge is 0.354 e. The van der Waals surface area contributed by atoms with E-state index < -0.39 is 0 Å². The quantitative estimate of drug-likeness (QED) is 0.535. The van der Waals surface area contributed by atoms with Crippen LogP contribution in [0.25, 0.3) is 0 Å². The minimum absolute atomic E-state index is 0.110. The summed E-state index contributed by atoms with van der Waals surface area (Å²) in [6, 6.07) is 0. The molecule has 15 heavy (non-hydrogen) atoms. The Bertz CT molecular complexity index is 249. The molecule has 1 aliphatic rings. The van der Waals surface area contributed by atoms with E-state index in [1.165, 1.54) is 6.42 Å². The van der Waals surface area contributed by atoms with Crippen molar-refractivity contribution < 1.29 is 4.79 Å². The lowest BCUT2D eigenvalue weighted by Gasteiger charge is -2.33. The fraction of sp³-hybridized carbons (Fsp3) is 0.750. The first-order valence-corrected chi connectivity index (χ1v) is 5.66. The van der Waals surface area contributed by atoms with Gasteiger partial charge in [-0.15, -0.1) is 12.3 Å². The smallest absolute Gasteiger partial charge is 0.240 e. The summed E-state index contributed by atoms with van der Waals surface area (Å²) in [6.45, 7) is 3.59. The molecular formula is C12H20N2O. The molecular weight excluding hydrogens is 188 g/mol. The SMILES string of the molecule is C#CCCCNC(=O)C1(C)CCCCN1. The van der Waals surface area contributed by atoms with Crippen LogP contribution in [0.5, 0.6) is 0 Å². The topological polar surface area (TPSA) is 41.1 Å². The highest BCUT2D eigenvalue weighted by Crippen LogP contribution is 2.18. The third kappa shape index (κ3) is 3.56. The number of nitrogens with one attached hydrogen (secondary N) is 2. The van der Waals surface area contributed by atoms with Gasteiger partial charge >= 0.3 is 0 Å². The zero-order valence-electron chi connectivity index (χ0n) is 9.44. The maximum absolute atomic E-state index is 11.9. The number of unbranched alkanes of at least 4 members (excludes halogenated alkanes) is 1. The van der Waals surface area contributed by atoms with Crippen molar-refractivity contribution in [2.24, 2.45) is 0 Å². The van der Waals surface area contributed by atoms with Crippen LogP contribution in [-0.4, -0.2) is 24.5 Å². The first-order chi connectivity index (χ1) is 7.19. The lowest BCUT2D eigenvalue weighted by molar-refractivity contribution is -0.127. The van der Waals surface area contributed by atoms with E-state index in [1.54, 1.807) is 0 Å². The molecule has 0 spiro atoms. The van der Waals surface area contributed by atoms with Crippen LogP contribution >= 0.6 is 0 Å². The lowest BCUT2D eigenvalue weighted by Crippen LogP contribution is -2.57. The van der Waals surface area contributed by atoms with Gasteiger partial charge in [-0.05, 0) is 39.2 Å². The zero-order chi connectivity index (χ0) is 11.1. The minimum Gasteiger partial charge on any atom is -0.354 e. The Morgan fingerprint density at radius 3 is 3.00 bits per heavy atom. The van der Waals surface area contributed by atoms with Crippen molar-refractivity contribution in [1.82, 2.24) is 10.6 Å². The third-order valence-corrected chi connectivity index (χ3v) is 2.90. The summed E-state index contributed by atoms with van der Waals surface area (Å²) in [5.74, 6) is 2.67. The van der Waals surface area contributed by atoms with Crippen LogP contribution in [0.1, 0.15) is 39.0 Å². The molecule has 1 aliphatic heterocycles. The van der Waals surface area contributed by atoms with Crippen LogP contribution in [0.15, 0.2) is 0 Å². The van der Waals surface area contributed by atoms with Crippen LogP contribution < -0.4 is 10.6 Å². The van der Waals surface area contributed by atoms with Crippen molar-refractivity contribution in [3.63, 3.8) is 0 Å². The molecule has 0 aromatic rings. The molecule has 2 N–H and O–H groups in total. The highest BCUT2D eigenvalue weighted by Gasteiger charge is 2.33. The zero-order valence-corrected chi connectivity index (χ0v) is 9.44. The molecule has 0 aromatic heterocycles. The van der Waals surface area contributed by atoms with E-state index in [4.69, 9.17) is 6.42 Å². The van der Waals surface area contributed by atoms with Crippen molar-refractivity contribution in [2.75, 3.05) is 13.1 Å². The van der Waals surface area contributed by atoms with Gasteiger partial charge in [0.2, 0.25) is 5.91 Å². The van der Waals surface area contributed by atoms with Gasteiger partial charge in [0, 0.05) is 13.0 Å². The van der Waals surface area contributed by atoms with E-state index in [1.807, 2.05) is 6.92 Å². The number of rotatable bonds is 4. The highest BCUT2D eigenvalue weighted by atomic mass is 16.2. The molecule has 0 radical (unpaired) electrons. The number of amides is 1. The van der Waals surface area contributed by atoms with Gasteiger partial charge < -0.3 is 10.6 Å². The summed E-state index contributed by atoms with van der Waals surface area (Å²) in [6.07, 6.45) is 9.94. The molecule has 1 amide bonds. The molecule has 1 atom stereocenters. The molecule has 1 unspecified atom stereocenters. The molecule has 3 nitrogen and oxygen atoms in total. The third-order valence-electron chi connectivity index (χ3n) is 2.90. The Hall–Kier alpha value is -1.01. The monoisotopic (exact) mass is 208 g/mol. The number of carbonyl (C=O) groups excluding carboxylic acids is 1. The van der Waals surface area contributed by atoms with E-state index in [2.05, 4.69) is 16.6 Å². The number of hydrogen-bond acceptors (Lipinski definition) is 2. The first-order valence-electron chi connectivity index (χ1n) is 5.66. The van der Waals surface area contributed by atoms with Crippen LogP contribution in [-0.2, 0) is 4.79 Å². The standard InChI is InChI=1S/C12H20N2O/c1-3-4-6-9-13-11(15)12(2)8-5-7-10-14-12/h1,14H,4-10H2,2H3,(H,13,15). The highest BCUT2D eigenvalue weighted by molar-refractivity contribution is 5.85. The maximum Gasteiger partial charge on any atom is 0.240 e. The fourth-order valence-corrected chi connectivity index (χ4v) is 1.84. The molecule has 0 aliphatic carbocycles. The van der Waals surface area contributed by atoms with Crippen LogP contribution in [0, 0.1) is 12.3 Å². The molecule has 0 saturated carbocycles. The van der Waals surface area contributed by atoms with Crippen LogP contribution in [0.3, 0.4) is 0 Å². The van der Waals surface area contributed by atoms with Gasteiger partial charge in [0.05, 0.1) is 5.54 Å². The van der Waals surface area contributed by atoms with Crippen LogP contribution in [0.2, 0.25) is 0 Å². The second-order valence-electron chi connectivity index (χ2n) is 4.28. The maximum atomic E-state index is 11.9. The Labute approximate surface area is 92.0 Å². The van der Waals surface area contributed by atoms with Crippen LogP contribution in [0.4, 0.5) is 0 Å². The van der Waals surface area contributed by atoms with Crippen molar-refractivity contribution >= 4 is 5.91 Å². The number of carbonyl (C=O) groups is 1. The average Bonchev–Trinajstić information content (AvgIpc) is 2.25. The molecule has 1 heterocycles. The van der Waals surface area contributed by atoms with Crippen molar-refractivity contribution in [3.8, 4) is 12.3 Å². The van der Waals surface area contributed by atoms with Gasteiger partial charge in [-0.3, -0.25) is 4.79 Å². The van der Waals surface area contributed by atoms with Gasteiger partial charge in [0.25, 0.3) is 0 Å². The summed E-state index contributed by atoms with van der Waals surface area (Å²) in [7, 11) is 0. The van der Waals surface area contributed by atoms with E-state index >= 15 is 0 Å². The summed E-state index contributed by atoms with van der Waals surface area (Å²) in [5.41, 5.74) is -0.367. The Balaban J connectivity index is 2.29. The van der Waals surface area contributed by atoms with Gasteiger partial charge in [-0.25, -0.2) is 0 Å². The van der Waals surface area contributed by atoms with Gasteiger partial charge in [0.15, 0.2) is 0 Å². The van der Waals surface area contributed by atoms with E-state index in [0.29, 0.717) is 6.54 Å². The molecule has 1 saturated heterocycles. The fourth-order valence-electron chi connectivity index (χ4n) is 1.84. The Morgan fingerprint density at radius 2 is 2.40 bits per heavy atom. The van der Waals surface area contributed by atoms with E-state index in [0.717, 1.165) is 32.2 Å². The van der Waals surface area contributed by atoms with Crippen molar-refractivity contribution in [3.05, 3.63) is 0 Å². The average molecular weight is 208 g/mol. The normalized spacial score (nSPS) is 25.6. The Morgan fingerprint density at radius 1 is 1.60 bits per heavy atom. The van der Waals surface area contributed by atoms with E-state index in [9.17, 15) is 4.79 Å². The Kier molecular flexibility index (Phi) is 4.64. The summed E-state index contributed by atoms with van der Waals surface area (Å²) in [4.78, 5) is 11.9. The van der Waals surface area contributed by atoms with Crippen molar-refractivity contribution in [1.29, 1.82) is 0 Å². The molecule has 0 aromatic carbocycles. The summed E-state index contributed by atoms with van der Waals surface area (Å²) in [5, 5.41) is 6.21. The molecule has 1 fully saturated rings. The molecule has 1 rings (SSSR count). The molecule has 3 heteroatoms. The summed E-state index contributed by atoms with van der Waals surface area (Å²) < 4.78 is 0. The van der Waals surface area contributed by atoms with E-state index in [-0.39, 0.29) is 11.4 Å². The number of hydrogen-bond donors (Lipinski definition) is 2. The second-order valence-corrected chi connectivity index (χ2v) is 4.28. The lowest BCUT2D eigenvalue weighted by atomic mass is 9.90. The van der Waals surface area contributed by atoms with Gasteiger partial charge in [-0.1, -0.05) is 0 Å². The summed E-state index contributed by atoms with van der Waals surface area (Å²) >= 11 is 0. The minimum atomic E-state index is -0.367.